The van der Waals surface area contributed by atoms with Gasteiger partial charge in [0.2, 0.25) is 0 Å². The number of imidazole rings is 1. The molecule has 4 heteroatoms. The molecule has 0 aliphatic heterocycles. The summed E-state index contributed by atoms with van der Waals surface area (Å²) in [5.41, 5.74) is 0. The third kappa shape index (κ3) is 3.06. The first-order valence-corrected chi connectivity index (χ1v) is 6.14. The minimum absolute atomic E-state index is 0.394. The van der Waals surface area contributed by atoms with Gasteiger partial charge in [0.1, 0.15) is 5.82 Å². The van der Waals surface area contributed by atoms with Crippen LogP contribution in [-0.2, 0) is 11.2 Å². The van der Waals surface area contributed by atoms with Crippen LogP contribution in [0.2, 0.25) is 0 Å². The van der Waals surface area contributed by atoms with E-state index >= 15 is 0 Å². The lowest BCUT2D eigenvalue weighted by molar-refractivity contribution is 0.0421. The van der Waals surface area contributed by atoms with E-state index in [-0.39, 0.29) is 0 Å². The van der Waals surface area contributed by atoms with Crippen molar-refractivity contribution in [2.24, 2.45) is 0 Å². The van der Waals surface area contributed by atoms with Crippen LogP contribution in [0.1, 0.15) is 31.5 Å². The summed E-state index contributed by atoms with van der Waals surface area (Å²) in [6.07, 6.45) is 10.1. The Balaban J connectivity index is 1.71. The third-order valence-corrected chi connectivity index (χ3v) is 3.33. The van der Waals surface area contributed by atoms with Crippen LogP contribution in [-0.4, -0.2) is 35.8 Å². The monoisotopic (exact) mass is 223 g/mol. The fourth-order valence-electron chi connectivity index (χ4n) is 2.42. The Morgan fingerprint density at radius 1 is 1.50 bits per heavy atom. The number of nitrogens with zero attached hydrogens (tertiary/aromatic N) is 1. The van der Waals surface area contributed by atoms with E-state index in [9.17, 15) is 0 Å². The van der Waals surface area contributed by atoms with Gasteiger partial charge in [0.05, 0.1) is 6.10 Å². The average Bonchev–Trinajstić information content (AvgIpc) is 2.83. The Morgan fingerprint density at radius 3 is 3.12 bits per heavy atom. The summed E-state index contributed by atoms with van der Waals surface area (Å²) >= 11 is 0. The van der Waals surface area contributed by atoms with E-state index < -0.39 is 0 Å². The highest BCUT2D eigenvalue weighted by Crippen LogP contribution is 2.20. The zero-order valence-corrected chi connectivity index (χ0v) is 9.91. The summed E-state index contributed by atoms with van der Waals surface area (Å²) in [5.74, 6) is 1.05. The molecule has 0 amide bonds. The molecule has 90 valence electrons. The van der Waals surface area contributed by atoms with Crippen LogP contribution in [0.15, 0.2) is 12.4 Å². The highest BCUT2D eigenvalue weighted by atomic mass is 16.5. The van der Waals surface area contributed by atoms with Crippen LogP contribution in [0.25, 0.3) is 0 Å². The number of rotatable bonds is 5. The fraction of sp³-hybridized carbons (Fsp3) is 0.750. The van der Waals surface area contributed by atoms with E-state index in [1.165, 1.54) is 25.7 Å². The van der Waals surface area contributed by atoms with Gasteiger partial charge in [0.25, 0.3) is 0 Å². The number of aromatic amines is 1. The number of hydrogen-bond donors (Lipinski definition) is 2. The van der Waals surface area contributed by atoms with Crippen molar-refractivity contribution in [1.29, 1.82) is 0 Å². The molecular formula is C12H21N3O. The van der Waals surface area contributed by atoms with Crippen molar-refractivity contribution in [2.75, 3.05) is 13.7 Å². The lowest BCUT2D eigenvalue weighted by Crippen LogP contribution is -2.43. The number of H-pyrrole nitrogens is 1. The molecule has 1 aliphatic rings. The molecule has 2 rings (SSSR count). The molecule has 2 atom stereocenters. The molecular weight excluding hydrogens is 202 g/mol. The number of hydrogen-bond acceptors (Lipinski definition) is 3. The predicted octanol–water partition coefficient (Wildman–Crippen LogP) is 1.50. The molecule has 2 N–H and O–H groups in total. The summed E-state index contributed by atoms with van der Waals surface area (Å²) < 4.78 is 5.51. The van der Waals surface area contributed by atoms with Crippen molar-refractivity contribution in [3.05, 3.63) is 18.2 Å². The van der Waals surface area contributed by atoms with Gasteiger partial charge in [-0.1, -0.05) is 12.8 Å². The Hall–Kier alpha value is -0.870. The van der Waals surface area contributed by atoms with E-state index in [0.717, 1.165) is 18.8 Å². The van der Waals surface area contributed by atoms with Crippen molar-refractivity contribution in [3.63, 3.8) is 0 Å². The van der Waals surface area contributed by atoms with Crippen molar-refractivity contribution in [1.82, 2.24) is 15.3 Å². The first-order valence-electron chi connectivity index (χ1n) is 6.14. The number of ether oxygens (including phenoxy) is 1. The smallest absolute Gasteiger partial charge is 0.107 e. The van der Waals surface area contributed by atoms with E-state index in [1.807, 2.05) is 13.3 Å². The standard InChI is InChI=1S/C12H21N3O/c1-16-11-5-3-2-4-10(11)13-7-6-12-14-8-9-15-12/h8-11,13H,2-7H2,1H3,(H,14,15). The second-order valence-electron chi connectivity index (χ2n) is 4.41. The van der Waals surface area contributed by atoms with Crippen LogP contribution in [0, 0.1) is 0 Å². The molecule has 1 aliphatic carbocycles. The number of aromatic nitrogens is 2. The lowest BCUT2D eigenvalue weighted by Gasteiger charge is -2.31. The molecule has 0 saturated heterocycles. The predicted molar refractivity (Wildman–Crippen MR) is 63.3 cm³/mol. The molecule has 2 unspecified atom stereocenters. The van der Waals surface area contributed by atoms with Gasteiger partial charge in [-0.3, -0.25) is 0 Å². The van der Waals surface area contributed by atoms with E-state index in [2.05, 4.69) is 15.3 Å². The molecule has 0 bridgehead atoms. The maximum absolute atomic E-state index is 5.51. The zero-order valence-electron chi connectivity index (χ0n) is 9.91. The van der Waals surface area contributed by atoms with Gasteiger partial charge in [0, 0.05) is 38.5 Å². The van der Waals surface area contributed by atoms with Crippen LogP contribution < -0.4 is 5.32 Å². The van der Waals surface area contributed by atoms with Gasteiger partial charge in [0.15, 0.2) is 0 Å². The summed E-state index contributed by atoms with van der Waals surface area (Å²) in [6.45, 7) is 0.970. The van der Waals surface area contributed by atoms with Crippen LogP contribution in [0.5, 0.6) is 0 Å². The average molecular weight is 223 g/mol. The largest absolute Gasteiger partial charge is 0.380 e. The number of nitrogens with one attached hydrogen (secondary N) is 2. The Labute approximate surface area is 96.8 Å². The zero-order chi connectivity index (χ0) is 11.2. The quantitative estimate of drug-likeness (QED) is 0.795. The molecule has 1 aromatic rings. The summed E-state index contributed by atoms with van der Waals surface area (Å²) in [7, 11) is 1.82. The van der Waals surface area contributed by atoms with Gasteiger partial charge < -0.3 is 15.0 Å². The molecule has 1 aromatic heterocycles. The minimum atomic E-state index is 0.394. The highest BCUT2D eigenvalue weighted by molar-refractivity contribution is 4.89. The first-order chi connectivity index (χ1) is 7.90. The molecule has 0 spiro atoms. The van der Waals surface area contributed by atoms with Crippen molar-refractivity contribution in [3.8, 4) is 0 Å². The van der Waals surface area contributed by atoms with Crippen molar-refractivity contribution < 1.29 is 4.74 Å². The SMILES string of the molecule is COC1CCCCC1NCCc1ncc[nH]1. The van der Waals surface area contributed by atoms with Gasteiger partial charge in [-0.05, 0) is 12.8 Å². The molecule has 0 radical (unpaired) electrons. The Morgan fingerprint density at radius 2 is 2.38 bits per heavy atom. The normalized spacial score (nSPS) is 25.8. The summed E-state index contributed by atoms with van der Waals surface area (Å²) in [4.78, 5) is 7.33. The minimum Gasteiger partial charge on any atom is -0.380 e. The van der Waals surface area contributed by atoms with Crippen molar-refractivity contribution in [2.45, 2.75) is 44.2 Å². The van der Waals surface area contributed by atoms with Gasteiger partial charge in [-0.2, -0.15) is 0 Å². The second kappa shape index (κ2) is 6.01. The van der Waals surface area contributed by atoms with Crippen molar-refractivity contribution >= 4 is 0 Å². The van der Waals surface area contributed by atoms with Crippen LogP contribution in [0.4, 0.5) is 0 Å². The topological polar surface area (TPSA) is 49.9 Å². The molecule has 1 saturated carbocycles. The van der Waals surface area contributed by atoms with Crippen LogP contribution >= 0.6 is 0 Å². The van der Waals surface area contributed by atoms with Crippen LogP contribution in [0.3, 0.4) is 0 Å². The molecule has 16 heavy (non-hydrogen) atoms. The van der Waals surface area contributed by atoms with E-state index in [1.54, 1.807) is 6.20 Å². The fourth-order valence-corrected chi connectivity index (χ4v) is 2.42. The second-order valence-corrected chi connectivity index (χ2v) is 4.41. The summed E-state index contributed by atoms with van der Waals surface area (Å²) in [5, 5.41) is 3.58. The lowest BCUT2D eigenvalue weighted by atomic mass is 9.92. The van der Waals surface area contributed by atoms with Gasteiger partial charge in [-0.15, -0.1) is 0 Å². The summed E-state index contributed by atoms with van der Waals surface area (Å²) in [6, 6.07) is 0.522. The van der Waals surface area contributed by atoms with E-state index in [0.29, 0.717) is 12.1 Å². The number of methoxy groups -OCH3 is 1. The molecule has 0 aromatic carbocycles. The Kier molecular flexibility index (Phi) is 4.36. The molecule has 1 fully saturated rings. The first kappa shape index (κ1) is 11.6. The Bertz CT molecular complexity index is 286. The van der Waals surface area contributed by atoms with Gasteiger partial charge in [-0.25, -0.2) is 4.98 Å². The third-order valence-electron chi connectivity index (χ3n) is 3.33. The van der Waals surface area contributed by atoms with Gasteiger partial charge >= 0.3 is 0 Å². The highest BCUT2D eigenvalue weighted by Gasteiger charge is 2.23. The maximum atomic E-state index is 5.51. The maximum Gasteiger partial charge on any atom is 0.107 e. The molecule has 4 nitrogen and oxygen atoms in total. The van der Waals surface area contributed by atoms with E-state index in [4.69, 9.17) is 4.74 Å². The molecule has 1 heterocycles.